The Morgan fingerprint density at radius 1 is 1.57 bits per heavy atom. The van der Waals surface area contributed by atoms with Crippen LogP contribution in [0.2, 0.25) is 0 Å². The van der Waals surface area contributed by atoms with Crippen molar-refractivity contribution in [2.45, 2.75) is 31.4 Å². The van der Waals surface area contributed by atoms with Gasteiger partial charge in [0.1, 0.15) is 0 Å². The number of rotatable bonds is 5. The third kappa shape index (κ3) is 4.04. The van der Waals surface area contributed by atoms with Gasteiger partial charge in [-0.05, 0) is 19.3 Å². The summed E-state index contributed by atoms with van der Waals surface area (Å²) in [7, 11) is 0. The van der Waals surface area contributed by atoms with Gasteiger partial charge in [0, 0.05) is 19.7 Å². The third-order valence-corrected chi connectivity index (χ3v) is 2.38. The molecule has 1 fully saturated rings. The molecule has 0 aromatic carbocycles. The van der Waals surface area contributed by atoms with Crippen molar-refractivity contribution < 1.29 is 9.53 Å². The minimum atomic E-state index is -0.599. The third-order valence-electron chi connectivity index (χ3n) is 2.38. The van der Waals surface area contributed by atoms with Crippen LogP contribution in [0.3, 0.4) is 0 Å². The van der Waals surface area contributed by atoms with E-state index in [0.29, 0.717) is 6.54 Å². The van der Waals surface area contributed by atoms with E-state index in [1.807, 2.05) is 0 Å². The van der Waals surface area contributed by atoms with Crippen molar-refractivity contribution in [2.75, 3.05) is 19.7 Å². The van der Waals surface area contributed by atoms with Crippen molar-refractivity contribution in [3.8, 4) is 0 Å². The fraction of sp³-hybridized carbons (Fsp3) is 0.889. The largest absolute Gasteiger partial charge is 0.377 e. The molecule has 82 valence electrons. The summed E-state index contributed by atoms with van der Waals surface area (Å²) in [6, 6.07) is -0.599. The van der Waals surface area contributed by atoms with Crippen molar-refractivity contribution in [3.05, 3.63) is 0 Å². The van der Waals surface area contributed by atoms with E-state index in [-0.39, 0.29) is 6.10 Å². The molecule has 0 spiro atoms. The SMILES string of the molecule is NC(=O)C(N)CNCC1CCCCO1. The Bertz CT molecular complexity index is 181. The smallest absolute Gasteiger partial charge is 0.235 e. The molecule has 0 aromatic heterocycles. The Labute approximate surface area is 84.2 Å². The van der Waals surface area contributed by atoms with Gasteiger partial charge in [-0.3, -0.25) is 4.79 Å². The van der Waals surface area contributed by atoms with E-state index >= 15 is 0 Å². The van der Waals surface area contributed by atoms with E-state index < -0.39 is 11.9 Å². The zero-order chi connectivity index (χ0) is 10.4. The summed E-state index contributed by atoms with van der Waals surface area (Å²) in [6.45, 7) is 2.02. The minimum Gasteiger partial charge on any atom is -0.377 e. The van der Waals surface area contributed by atoms with E-state index in [1.165, 1.54) is 6.42 Å². The average molecular weight is 201 g/mol. The van der Waals surface area contributed by atoms with Crippen molar-refractivity contribution in [1.29, 1.82) is 0 Å². The topological polar surface area (TPSA) is 90.4 Å². The molecule has 2 atom stereocenters. The molecule has 1 heterocycles. The van der Waals surface area contributed by atoms with Crippen LogP contribution < -0.4 is 16.8 Å². The second-order valence-corrected chi connectivity index (χ2v) is 3.66. The van der Waals surface area contributed by atoms with Crippen LogP contribution in [0.1, 0.15) is 19.3 Å². The van der Waals surface area contributed by atoms with E-state index in [1.54, 1.807) is 0 Å². The van der Waals surface area contributed by atoms with Gasteiger partial charge < -0.3 is 21.5 Å². The van der Waals surface area contributed by atoms with Gasteiger partial charge in [-0.25, -0.2) is 0 Å². The highest BCUT2D eigenvalue weighted by Crippen LogP contribution is 2.11. The second-order valence-electron chi connectivity index (χ2n) is 3.66. The summed E-state index contributed by atoms with van der Waals surface area (Å²) in [6.07, 6.45) is 3.72. The molecule has 5 N–H and O–H groups in total. The lowest BCUT2D eigenvalue weighted by Gasteiger charge is -2.23. The molecule has 1 aliphatic rings. The lowest BCUT2D eigenvalue weighted by Crippen LogP contribution is -2.46. The minimum absolute atomic E-state index is 0.267. The maximum absolute atomic E-state index is 10.6. The number of carbonyl (C=O) groups is 1. The normalized spacial score (nSPS) is 24.5. The molecule has 0 bridgehead atoms. The molecular formula is C9H19N3O2. The van der Waals surface area contributed by atoms with Crippen LogP contribution in [-0.4, -0.2) is 37.7 Å². The fourth-order valence-electron chi connectivity index (χ4n) is 1.47. The van der Waals surface area contributed by atoms with E-state index in [4.69, 9.17) is 16.2 Å². The maximum Gasteiger partial charge on any atom is 0.235 e. The number of amides is 1. The number of primary amides is 1. The van der Waals surface area contributed by atoms with Gasteiger partial charge in [0.05, 0.1) is 12.1 Å². The zero-order valence-electron chi connectivity index (χ0n) is 8.37. The molecule has 0 aliphatic carbocycles. The number of hydrogen-bond acceptors (Lipinski definition) is 4. The molecule has 1 rings (SSSR count). The zero-order valence-corrected chi connectivity index (χ0v) is 8.37. The van der Waals surface area contributed by atoms with E-state index in [2.05, 4.69) is 5.32 Å². The molecule has 14 heavy (non-hydrogen) atoms. The van der Waals surface area contributed by atoms with Gasteiger partial charge in [0.25, 0.3) is 0 Å². The van der Waals surface area contributed by atoms with Gasteiger partial charge in [-0.15, -0.1) is 0 Å². The number of hydrogen-bond donors (Lipinski definition) is 3. The standard InChI is InChI=1S/C9H19N3O2/c10-8(9(11)13)6-12-5-7-3-1-2-4-14-7/h7-8,12H,1-6,10H2,(H2,11,13). The molecule has 2 unspecified atom stereocenters. The van der Waals surface area contributed by atoms with Crippen LogP contribution in [0.4, 0.5) is 0 Å². The first-order valence-corrected chi connectivity index (χ1v) is 5.07. The number of ether oxygens (including phenoxy) is 1. The van der Waals surface area contributed by atoms with Gasteiger partial charge in [0.2, 0.25) is 5.91 Å². The van der Waals surface area contributed by atoms with Crippen LogP contribution >= 0.6 is 0 Å². The van der Waals surface area contributed by atoms with Crippen LogP contribution in [0.5, 0.6) is 0 Å². The van der Waals surface area contributed by atoms with Gasteiger partial charge in [0.15, 0.2) is 0 Å². The Balaban J connectivity index is 2.05. The molecule has 1 aliphatic heterocycles. The fourth-order valence-corrected chi connectivity index (χ4v) is 1.47. The van der Waals surface area contributed by atoms with Crippen LogP contribution in [0.15, 0.2) is 0 Å². The van der Waals surface area contributed by atoms with Crippen LogP contribution in [-0.2, 0) is 9.53 Å². The summed E-state index contributed by atoms with van der Waals surface area (Å²) >= 11 is 0. The quantitative estimate of drug-likeness (QED) is 0.530. The Kier molecular flexibility index (Phi) is 4.86. The van der Waals surface area contributed by atoms with Gasteiger partial charge in [-0.1, -0.05) is 0 Å². The average Bonchev–Trinajstić information content (AvgIpc) is 2.19. The molecule has 5 nitrogen and oxygen atoms in total. The number of nitrogens with two attached hydrogens (primary N) is 2. The lowest BCUT2D eigenvalue weighted by atomic mass is 10.1. The van der Waals surface area contributed by atoms with Gasteiger partial charge >= 0.3 is 0 Å². The lowest BCUT2D eigenvalue weighted by molar-refractivity contribution is -0.119. The van der Waals surface area contributed by atoms with Gasteiger partial charge in [-0.2, -0.15) is 0 Å². The molecule has 0 radical (unpaired) electrons. The highest BCUT2D eigenvalue weighted by molar-refractivity contribution is 5.79. The predicted molar refractivity (Wildman–Crippen MR) is 53.6 cm³/mol. The summed E-state index contributed by atoms with van der Waals surface area (Å²) in [5, 5.41) is 3.09. The second kappa shape index (κ2) is 5.95. The van der Waals surface area contributed by atoms with Crippen molar-refractivity contribution in [3.63, 3.8) is 0 Å². The first kappa shape index (κ1) is 11.4. The molecular weight excluding hydrogens is 182 g/mol. The molecule has 0 aromatic rings. The Morgan fingerprint density at radius 2 is 2.36 bits per heavy atom. The highest BCUT2D eigenvalue weighted by Gasteiger charge is 2.14. The maximum atomic E-state index is 10.6. The van der Waals surface area contributed by atoms with E-state index in [0.717, 1.165) is 26.0 Å². The first-order valence-electron chi connectivity index (χ1n) is 5.07. The van der Waals surface area contributed by atoms with Crippen molar-refractivity contribution in [1.82, 2.24) is 5.32 Å². The van der Waals surface area contributed by atoms with Crippen molar-refractivity contribution >= 4 is 5.91 Å². The van der Waals surface area contributed by atoms with Crippen molar-refractivity contribution in [2.24, 2.45) is 11.5 Å². The molecule has 1 amide bonds. The Morgan fingerprint density at radius 3 is 2.93 bits per heavy atom. The van der Waals surface area contributed by atoms with Crippen LogP contribution in [0, 0.1) is 0 Å². The monoisotopic (exact) mass is 201 g/mol. The number of nitrogens with one attached hydrogen (secondary N) is 1. The van der Waals surface area contributed by atoms with Crippen LogP contribution in [0.25, 0.3) is 0 Å². The Hall–Kier alpha value is -0.650. The summed E-state index contributed by atoms with van der Waals surface area (Å²) < 4.78 is 5.50. The first-order chi connectivity index (χ1) is 6.70. The summed E-state index contributed by atoms with van der Waals surface area (Å²) in [5.41, 5.74) is 10.5. The molecule has 1 saturated heterocycles. The van der Waals surface area contributed by atoms with E-state index in [9.17, 15) is 4.79 Å². The highest BCUT2D eigenvalue weighted by atomic mass is 16.5. The summed E-state index contributed by atoms with van der Waals surface area (Å²) in [4.78, 5) is 10.6. The molecule has 0 saturated carbocycles. The number of carbonyl (C=O) groups excluding carboxylic acids is 1. The predicted octanol–water partition coefficient (Wildman–Crippen LogP) is -1.04. The summed E-state index contributed by atoms with van der Waals surface area (Å²) in [5.74, 6) is -0.470. The molecule has 5 heteroatoms.